The molecule has 0 bridgehead atoms. The molecule has 0 saturated carbocycles. The van der Waals surface area contributed by atoms with E-state index in [0.717, 1.165) is 43.9 Å². The van der Waals surface area contributed by atoms with Gasteiger partial charge in [-0.2, -0.15) is 5.53 Å². The highest BCUT2D eigenvalue weighted by Gasteiger charge is 2.03. The fourth-order valence-corrected chi connectivity index (χ4v) is 2.63. The first kappa shape index (κ1) is 19.9. The van der Waals surface area contributed by atoms with Crippen LogP contribution >= 0.6 is 0 Å². The smallest absolute Gasteiger partial charge is 0.125 e. The van der Waals surface area contributed by atoms with Gasteiger partial charge >= 0.3 is 0 Å². The SMILES string of the molecule is CCN(CCCN=C(N)c1ccc(NNNC)cc1)Cc1ccccc1. The van der Waals surface area contributed by atoms with Crippen molar-refractivity contribution in [3.63, 3.8) is 0 Å². The second-order valence-corrected chi connectivity index (χ2v) is 6.05. The number of rotatable bonds is 11. The molecular weight excluding hydrogens is 324 g/mol. The van der Waals surface area contributed by atoms with Crippen molar-refractivity contribution in [2.45, 2.75) is 19.9 Å². The van der Waals surface area contributed by atoms with Crippen molar-refractivity contribution in [3.8, 4) is 0 Å². The minimum Gasteiger partial charge on any atom is -0.384 e. The molecule has 0 radical (unpaired) electrons. The zero-order valence-corrected chi connectivity index (χ0v) is 15.7. The lowest BCUT2D eigenvalue weighted by Crippen LogP contribution is -2.33. The number of benzene rings is 2. The van der Waals surface area contributed by atoms with Crippen LogP contribution in [0.25, 0.3) is 0 Å². The van der Waals surface area contributed by atoms with Gasteiger partial charge in [0.25, 0.3) is 0 Å². The van der Waals surface area contributed by atoms with Gasteiger partial charge in [-0.05, 0) is 42.8 Å². The van der Waals surface area contributed by atoms with Crippen molar-refractivity contribution < 1.29 is 0 Å². The predicted molar refractivity (Wildman–Crippen MR) is 110 cm³/mol. The molecule has 0 unspecified atom stereocenters. The molecule has 0 aliphatic carbocycles. The number of amidine groups is 1. The molecule has 2 rings (SSSR count). The molecule has 5 N–H and O–H groups in total. The van der Waals surface area contributed by atoms with Gasteiger partial charge in [0.05, 0.1) is 5.69 Å². The Morgan fingerprint density at radius 3 is 2.46 bits per heavy atom. The van der Waals surface area contributed by atoms with Gasteiger partial charge < -0.3 is 11.2 Å². The van der Waals surface area contributed by atoms with E-state index in [4.69, 9.17) is 5.73 Å². The molecule has 140 valence electrons. The lowest BCUT2D eigenvalue weighted by atomic mass is 10.2. The lowest BCUT2D eigenvalue weighted by Gasteiger charge is -2.20. The second-order valence-electron chi connectivity index (χ2n) is 6.05. The van der Waals surface area contributed by atoms with Crippen LogP contribution in [0.5, 0.6) is 0 Å². The lowest BCUT2D eigenvalue weighted by molar-refractivity contribution is 0.278. The van der Waals surface area contributed by atoms with Crippen LogP contribution in [-0.2, 0) is 6.54 Å². The monoisotopic (exact) mass is 354 g/mol. The van der Waals surface area contributed by atoms with Crippen LogP contribution < -0.4 is 22.1 Å². The standard InChI is InChI=1S/C20H30N6/c1-3-26(16-17-8-5-4-6-9-17)15-7-14-23-20(21)18-10-12-19(13-11-18)24-25-22-2/h4-6,8-13,22,24-25H,3,7,14-16H2,1-2H3,(H2,21,23). The Kier molecular flexibility index (Phi) is 8.62. The van der Waals surface area contributed by atoms with Crippen molar-refractivity contribution in [1.82, 2.24) is 15.9 Å². The summed E-state index contributed by atoms with van der Waals surface area (Å²) in [6.07, 6.45) is 0.993. The highest BCUT2D eigenvalue weighted by atomic mass is 15.6. The third-order valence-corrected chi connectivity index (χ3v) is 4.12. The van der Waals surface area contributed by atoms with Crippen molar-refractivity contribution in [3.05, 3.63) is 65.7 Å². The molecule has 6 heteroatoms. The summed E-state index contributed by atoms with van der Waals surface area (Å²) >= 11 is 0. The van der Waals surface area contributed by atoms with Gasteiger partial charge in [-0.1, -0.05) is 37.3 Å². The van der Waals surface area contributed by atoms with E-state index in [0.29, 0.717) is 5.84 Å². The quantitative estimate of drug-likeness (QED) is 0.216. The summed E-state index contributed by atoms with van der Waals surface area (Å²) in [5.74, 6) is 0.587. The summed E-state index contributed by atoms with van der Waals surface area (Å²) < 4.78 is 0. The number of hydrogen-bond donors (Lipinski definition) is 4. The summed E-state index contributed by atoms with van der Waals surface area (Å²) in [5.41, 5.74) is 18.0. The minimum absolute atomic E-state index is 0.587. The third-order valence-electron chi connectivity index (χ3n) is 4.12. The average Bonchev–Trinajstić information content (AvgIpc) is 2.69. The number of nitrogens with two attached hydrogens (primary N) is 1. The van der Waals surface area contributed by atoms with Crippen LogP contribution in [0, 0.1) is 0 Å². The molecule has 0 heterocycles. The Morgan fingerprint density at radius 2 is 1.81 bits per heavy atom. The van der Waals surface area contributed by atoms with Crippen LogP contribution in [-0.4, -0.2) is 37.4 Å². The minimum atomic E-state index is 0.587. The highest BCUT2D eigenvalue weighted by molar-refractivity contribution is 5.97. The van der Waals surface area contributed by atoms with Crippen molar-refractivity contribution >= 4 is 11.5 Å². The first-order chi connectivity index (χ1) is 12.7. The summed E-state index contributed by atoms with van der Waals surface area (Å²) in [5, 5.41) is 0. The predicted octanol–water partition coefficient (Wildman–Crippen LogP) is 2.36. The summed E-state index contributed by atoms with van der Waals surface area (Å²) in [4.78, 5) is 6.95. The summed E-state index contributed by atoms with van der Waals surface area (Å²) in [6, 6.07) is 18.4. The summed E-state index contributed by atoms with van der Waals surface area (Å²) in [7, 11) is 1.80. The molecular formula is C20H30N6. The van der Waals surface area contributed by atoms with Gasteiger partial charge in [0.15, 0.2) is 0 Å². The van der Waals surface area contributed by atoms with E-state index in [1.807, 2.05) is 24.3 Å². The van der Waals surface area contributed by atoms with Crippen molar-refractivity contribution in [2.24, 2.45) is 10.7 Å². The van der Waals surface area contributed by atoms with Crippen molar-refractivity contribution in [2.75, 3.05) is 32.1 Å². The number of hydrogen-bond acceptors (Lipinski definition) is 5. The van der Waals surface area contributed by atoms with E-state index < -0.39 is 0 Å². The third kappa shape index (κ3) is 6.84. The largest absolute Gasteiger partial charge is 0.384 e. The van der Waals surface area contributed by atoms with E-state index in [9.17, 15) is 0 Å². The van der Waals surface area contributed by atoms with E-state index in [1.165, 1.54) is 5.56 Å². The van der Waals surface area contributed by atoms with Crippen LogP contribution in [0.3, 0.4) is 0 Å². The van der Waals surface area contributed by atoms with E-state index >= 15 is 0 Å². The molecule has 0 aliphatic heterocycles. The molecule has 2 aromatic rings. The fraction of sp³-hybridized carbons (Fsp3) is 0.350. The maximum Gasteiger partial charge on any atom is 0.125 e. The van der Waals surface area contributed by atoms with Gasteiger partial charge in [-0.3, -0.25) is 9.89 Å². The number of hydrazine groups is 2. The van der Waals surface area contributed by atoms with Gasteiger partial charge in [-0.25, -0.2) is 5.43 Å². The van der Waals surface area contributed by atoms with Gasteiger partial charge in [0.1, 0.15) is 5.84 Å². The maximum atomic E-state index is 6.11. The average molecular weight is 355 g/mol. The number of nitrogens with one attached hydrogen (secondary N) is 3. The summed E-state index contributed by atoms with van der Waals surface area (Å²) in [6.45, 7) is 5.95. The van der Waals surface area contributed by atoms with Crippen LogP contribution in [0.4, 0.5) is 5.69 Å². The van der Waals surface area contributed by atoms with Gasteiger partial charge in [0.2, 0.25) is 0 Å². The Labute approximate surface area is 156 Å². The van der Waals surface area contributed by atoms with E-state index in [1.54, 1.807) is 7.05 Å². The topological polar surface area (TPSA) is 77.7 Å². The molecule has 0 amide bonds. The zero-order valence-electron chi connectivity index (χ0n) is 15.7. The van der Waals surface area contributed by atoms with Gasteiger partial charge in [-0.15, -0.1) is 0 Å². The second kappa shape index (κ2) is 11.3. The van der Waals surface area contributed by atoms with Crippen LogP contribution in [0.15, 0.2) is 59.6 Å². The zero-order chi connectivity index (χ0) is 18.6. The molecule has 0 saturated heterocycles. The van der Waals surface area contributed by atoms with Crippen LogP contribution in [0.1, 0.15) is 24.5 Å². The fourth-order valence-electron chi connectivity index (χ4n) is 2.63. The molecule has 26 heavy (non-hydrogen) atoms. The first-order valence-corrected chi connectivity index (χ1v) is 9.07. The number of nitrogens with zero attached hydrogens (tertiary/aromatic N) is 2. The molecule has 0 fully saturated rings. The molecule has 0 aliphatic rings. The van der Waals surface area contributed by atoms with Gasteiger partial charge in [0, 0.05) is 32.2 Å². The van der Waals surface area contributed by atoms with E-state index in [2.05, 4.69) is 63.5 Å². The molecule has 0 aromatic heterocycles. The van der Waals surface area contributed by atoms with E-state index in [-0.39, 0.29) is 0 Å². The number of anilines is 1. The first-order valence-electron chi connectivity index (χ1n) is 9.07. The Bertz CT molecular complexity index is 654. The molecule has 6 nitrogen and oxygen atoms in total. The molecule has 0 spiro atoms. The number of aliphatic imine (C=N–C) groups is 1. The van der Waals surface area contributed by atoms with Crippen molar-refractivity contribution in [1.29, 1.82) is 0 Å². The molecule has 2 aromatic carbocycles. The highest BCUT2D eigenvalue weighted by Crippen LogP contribution is 2.08. The molecule has 0 atom stereocenters. The Hall–Kier alpha value is -2.41. The van der Waals surface area contributed by atoms with Crippen LogP contribution in [0.2, 0.25) is 0 Å². The Morgan fingerprint density at radius 1 is 1.08 bits per heavy atom. The Balaban J connectivity index is 1.77. The normalized spacial score (nSPS) is 11.7. The maximum absolute atomic E-state index is 6.11.